The quantitative estimate of drug-likeness (QED) is 0.397. The molecule has 0 spiro atoms. The molecule has 1 aromatic heterocycles. The summed E-state index contributed by atoms with van der Waals surface area (Å²) < 4.78 is 5.26. The minimum absolute atomic E-state index is 0.00847. The Morgan fingerprint density at radius 2 is 1.91 bits per heavy atom. The van der Waals surface area contributed by atoms with Gasteiger partial charge in [-0.3, -0.25) is 14.9 Å². The topological polar surface area (TPSA) is 110 Å². The average molecular weight is 456 g/mol. The second kappa shape index (κ2) is 10.1. The summed E-state index contributed by atoms with van der Waals surface area (Å²) >= 11 is 6.02. The number of carbonyl (C=O) groups excluding carboxylic acids is 1. The van der Waals surface area contributed by atoms with E-state index in [9.17, 15) is 14.9 Å². The molecule has 0 saturated heterocycles. The standard InChI is InChI=1S/C22H22ClN5O4/c1-4-16-12-20(26-22(24-16)14-5-8-17(9-6-14)28(30)31)27(2)13-21(29)25-18-11-15(23)7-10-19(18)32-3/h5-12H,4,13H2,1-3H3,(H,25,29). The Morgan fingerprint density at radius 1 is 1.19 bits per heavy atom. The maximum Gasteiger partial charge on any atom is 0.269 e. The molecule has 10 heteroatoms. The number of nitro benzene ring substituents is 1. The number of rotatable bonds is 8. The lowest BCUT2D eigenvalue weighted by atomic mass is 10.2. The molecule has 166 valence electrons. The molecule has 1 amide bonds. The zero-order chi connectivity index (χ0) is 23.3. The van der Waals surface area contributed by atoms with Gasteiger partial charge in [0.1, 0.15) is 11.6 Å². The fraction of sp³-hybridized carbons (Fsp3) is 0.227. The maximum atomic E-state index is 12.6. The number of nitro groups is 1. The van der Waals surface area contributed by atoms with Crippen LogP contribution in [0.2, 0.25) is 5.02 Å². The number of aromatic nitrogens is 2. The predicted molar refractivity (Wildman–Crippen MR) is 123 cm³/mol. The van der Waals surface area contributed by atoms with Crippen molar-refractivity contribution in [2.45, 2.75) is 13.3 Å². The number of methoxy groups -OCH3 is 1. The van der Waals surface area contributed by atoms with Crippen molar-refractivity contribution in [1.82, 2.24) is 9.97 Å². The van der Waals surface area contributed by atoms with Crippen LogP contribution in [0, 0.1) is 10.1 Å². The summed E-state index contributed by atoms with van der Waals surface area (Å²) in [6.07, 6.45) is 0.662. The molecular weight excluding hydrogens is 434 g/mol. The van der Waals surface area contributed by atoms with Crippen LogP contribution in [0.1, 0.15) is 12.6 Å². The molecule has 3 aromatic rings. The molecular formula is C22H22ClN5O4. The van der Waals surface area contributed by atoms with Crippen molar-refractivity contribution in [2.24, 2.45) is 0 Å². The van der Waals surface area contributed by atoms with Crippen LogP contribution >= 0.6 is 11.6 Å². The number of likely N-dealkylation sites (N-methyl/N-ethyl adjacent to an activating group) is 1. The maximum absolute atomic E-state index is 12.6. The zero-order valence-corrected chi connectivity index (χ0v) is 18.6. The molecule has 1 heterocycles. The van der Waals surface area contributed by atoms with Crippen molar-refractivity contribution in [3.63, 3.8) is 0 Å². The van der Waals surface area contributed by atoms with Gasteiger partial charge in [-0.05, 0) is 36.8 Å². The molecule has 3 rings (SSSR count). The van der Waals surface area contributed by atoms with E-state index in [1.807, 2.05) is 13.0 Å². The zero-order valence-electron chi connectivity index (χ0n) is 17.8. The molecule has 0 aliphatic carbocycles. The highest BCUT2D eigenvalue weighted by atomic mass is 35.5. The lowest BCUT2D eigenvalue weighted by Gasteiger charge is -2.19. The van der Waals surface area contributed by atoms with Gasteiger partial charge in [0.05, 0.1) is 24.3 Å². The van der Waals surface area contributed by atoms with Crippen LogP contribution in [0.25, 0.3) is 11.4 Å². The highest BCUT2D eigenvalue weighted by Gasteiger charge is 2.15. The van der Waals surface area contributed by atoms with Gasteiger partial charge in [0.15, 0.2) is 5.82 Å². The van der Waals surface area contributed by atoms with Crippen LogP contribution < -0.4 is 15.0 Å². The highest BCUT2D eigenvalue weighted by Crippen LogP contribution is 2.28. The Balaban J connectivity index is 1.81. The molecule has 2 aromatic carbocycles. The monoisotopic (exact) mass is 455 g/mol. The summed E-state index contributed by atoms with van der Waals surface area (Å²) in [6, 6.07) is 12.8. The smallest absolute Gasteiger partial charge is 0.269 e. The van der Waals surface area contributed by atoms with E-state index in [1.165, 1.54) is 19.2 Å². The third kappa shape index (κ3) is 5.50. The third-order valence-electron chi connectivity index (χ3n) is 4.67. The summed E-state index contributed by atoms with van der Waals surface area (Å²) in [6.45, 7) is 1.99. The number of hydrogen-bond donors (Lipinski definition) is 1. The summed E-state index contributed by atoms with van der Waals surface area (Å²) in [5, 5.41) is 14.2. The summed E-state index contributed by atoms with van der Waals surface area (Å²) in [4.78, 5) is 33.8. The van der Waals surface area contributed by atoms with Crippen LogP contribution in [-0.4, -0.2) is 41.5 Å². The molecule has 0 saturated carbocycles. The van der Waals surface area contributed by atoms with Crippen molar-refractivity contribution in [2.75, 3.05) is 30.9 Å². The second-order valence-corrected chi connectivity index (χ2v) is 7.38. The van der Waals surface area contributed by atoms with E-state index in [2.05, 4.69) is 15.3 Å². The Labute approximate surface area is 190 Å². The van der Waals surface area contributed by atoms with Crippen molar-refractivity contribution in [1.29, 1.82) is 0 Å². The van der Waals surface area contributed by atoms with Crippen molar-refractivity contribution in [3.8, 4) is 17.1 Å². The molecule has 0 aliphatic heterocycles. The summed E-state index contributed by atoms with van der Waals surface area (Å²) in [5.74, 6) is 1.21. The number of aryl methyl sites for hydroxylation is 1. The van der Waals surface area contributed by atoms with Gasteiger partial charge in [0.2, 0.25) is 5.91 Å². The fourth-order valence-electron chi connectivity index (χ4n) is 2.99. The number of nitrogens with zero attached hydrogens (tertiary/aromatic N) is 4. The molecule has 0 bridgehead atoms. The molecule has 0 aliphatic rings. The Hall–Kier alpha value is -3.72. The van der Waals surface area contributed by atoms with E-state index in [-0.39, 0.29) is 18.1 Å². The van der Waals surface area contributed by atoms with Gasteiger partial charge in [-0.1, -0.05) is 18.5 Å². The number of benzene rings is 2. The number of hydrogen-bond acceptors (Lipinski definition) is 7. The van der Waals surface area contributed by atoms with Crippen molar-refractivity contribution < 1.29 is 14.5 Å². The van der Waals surface area contributed by atoms with Gasteiger partial charge in [0, 0.05) is 41.5 Å². The van der Waals surface area contributed by atoms with E-state index in [0.717, 1.165) is 5.69 Å². The van der Waals surface area contributed by atoms with Crippen molar-refractivity contribution >= 4 is 34.7 Å². The van der Waals surface area contributed by atoms with E-state index in [4.69, 9.17) is 16.3 Å². The number of non-ortho nitro benzene ring substituents is 1. The Morgan fingerprint density at radius 3 is 2.53 bits per heavy atom. The number of nitrogens with one attached hydrogen (secondary N) is 1. The Kier molecular flexibility index (Phi) is 7.21. The number of carbonyl (C=O) groups is 1. The van der Waals surface area contributed by atoms with E-state index in [0.29, 0.717) is 40.1 Å². The van der Waals surface area contributed by atoms with E-state index in [1.54, 1.807) is 42.3 Å². The fourth-order valence-corrected chi connectivity index (χ4v) is 3.16. The van der Waals surface area contributed by atoms with E-state index >= 15 is 0 Å². The van der Waals surface area contributed by atoms with Crippen LogP contribution in [0.4, 0.5) is 17.2 Å². The van der Waals surface area contributed by atoms with Crippen molar-refractivity contribution in [3.05, 3.63) is 69.4 Å². The molecule has 0 fully saturated rings. The van der Waals surface area contributed by atoms with Gasteiger partial charge in [0.25, 0.3) is 5.69 Å². The van der Waals surface area contributed by atoms with Crippen LogP contribution in [0.5, 0.6) is 5.75 Å². The molecule has 1 N–H and O–H groups in total. The van der Waals surface area contributed by atoms with Gasteiger partial charge in [-0.15, -0.1) is 0 Å². The number of amides is 1. The first kappa shape index (κ1) is 23.0. The number of anilines is 2. The normalized spacial score (nSPS) is 10.5. The van der Waals surface area contributed by atoms with Crippen LogP contribution in [0.3, 0.4) is 0 Å². The van der Waals surface area contributed by atoms with Crippen LogP contribution in [0.15, 0.2) is 48.5 Å². The minimum Gasteiger partial charge on any atom is -0.495 e. The van der Waals surface area contributed by atoms with Gasteiger partial charge in [-0.25, -0.2) is 9.97 Å². The van der Waals surface area contributed by atoms with E-state index < -0.39 is 4.92 Å². The van der Waals surface area contributed by atoms with Crippen LogP contribution in [-0.2, 0) is 11.2 Å². The third-order valence-corrected chi connectivity index (χ3v) is 4.91. The molecule has 0 unspecified atom stereocenters. The molecule has 0 radical (unpaired) electrons. The lowest BCUT2D eigenvalue weighted by Crippen LogP contribution is -2.31. The van der Waals surface area contributed by atoms with Gasteiger partial charge in [-0.2, -0.15) is 0 Å². The molecule has 9 nitrogen and oxygen atoms in total. The van der Waals surface area contributed by atoms with Gasteiger partial charge < -0.3 is 15.0 Å². The first-order valence-electron chi connectivity index (χ1n) is 9.78. The molecule has 32 heavy (non-hydrogen) atoms. The largest absolute Gasteiger partial charge is 0.495 e. The Bertz CT molecular complexity index is 1140. The summed E-state index contributed by atoms with van der Waals surface area (Å²) in [7, 11) is 3.26. The van der Waals surface area contributed by atoms with Gasteiger partial charge >= 0.3 is 0 Å². The molecule has 0 atom stereocenters. The predicted octanol–water partition coefficient (Wildman–Crippen LogP) is 4.35. The second-order valence-electron chi connectivity index (χ2n) is 6.95. The SMILES string of the molecule is CCc1cc(N(C)CC(=O)Nc2cc(Cl)ccc2OC)nc(-c2ccc([N+](=O)[O-])cc2)n1. The number of ether oxygens (including phenoxy) is 1. The minimum atomic E-state index is -0.458. The lowest BCUT2D eigenvalue weighted by molar-refractivity contribution is -0.384. The number of halogens is 1. The first-order valence-corrected chi connectivity index (χ1v) is 10.2. The summed E-state index contributed by atoms with van der Waals surface area (Å²) in [5.41, 5.74) is 1.90. The average Bonchev–Trinajstić information content (AvgIpc) is 2.78. The highest BCUT2D eigenvalue weighted by molar-refractivity contribution is 6.31. The first-order chi connectivity index (χ1) is 15.3.